The van der Waals surface area contributed by atoms with Gasteiger partial charge in [-0.1, -0.05) is 30.3 Å². The normalized spacial score (nSPS) is 20.5. The topological polar surface area (TPSA) is 113 Å². The number of fused-ring (bicyclic) bond motifs is 3. The molecule has 33 heavy (non-hydrogen) atoms. The van der Waals surface area contributed by atoms with Gasteiger partial charge in [-0.05, 0) is 39.7 Å². The number of carbonyl (C=O) groups excluding carboxylic acids is 3. The Balaban J connectivity index is 1.76. The van der Waals surface area contributed by atoms with Gasteiger partial charge >= 0.3 is 0 Å². The minimum absolute atomic E-state index is 0.0242. The molecule has 1 aliphatic heterocycles. The second kappa shape index (κ2) is 7.92. The number of hydrogen-bond donors (Lipinski definition) is 3. The fraction of sp³-hybridized carbons (Fsp3) is 0.269. The van der Waals surface area contributed by atoms with Gasteiger partial charge in [-0.15, -0.1) is 0 Å². The fourth-order valence-corrected chi connectivity index (χ4v) is 4.49. The number of allylic oxidation sites excluding steroid dienone is 4. The summed E-state index contributed by atoms with van der Waals surface area (Å²) in [5, 5.41) is 24.4. The van der Waals surface area contributed by atoms with Gasteiger partial charge in [-0.25, -0.2) is 0 Å². The molecule has 0 bridgehead atoms. The highest BCUT2D eigenvalue weighted by atomic mass is 16.5. The second-order valence-corrected chi connectivity index (χ2v) is 8.55. The van der Waals surface area contributed by atoms with E-state index in [4.69, 9.17) is 4.74 Å². The first-order valence-electron chi connectivity index (χ1n) is 10.7. The van der Waals surface area contributed by atoms with Gasteiger partial charge in [0.15, 0.2) is 17.3 Å². The molecule has 1 heterocycles. The van der Waals surface area contributed by atoms with Crippen LogP contribution < -0.4 is 10.1 Å². The van der Waals surface area contributed by atoms with Gasteiger partial charge in [0, 0.05) is 23.9 Å². The van der Waals surface area contributed by atoms with Crippen LogP contribution in [0.1, 0.15) is 47.8 Å². The molecular weight excluding hydrogens is 422 g/mol. The van der Waals surface area contributed by atoms with Crippen LogP contribution in [0.25, 0.3) is 0 Å². The molecule has 2 aliphatic rings. The first kappa shape index (κ1) is 22.3. The zero-order chi connectivity index (χ0) is 24.1. The zero-order valence-electron chi connectivity index (χ0n) is 18.9. The summed E-state index contributed by atoms with van der Waals surface area (Å²) in [6.07, 6.45) is 1.92. The van der Waals surface area contributed by atoms with Crippen molar-refractivity contribution in [1.82, 2.24) is 5.32 Å². The smallest absolute Gasteiger partial charge is 0.194 e. The molecule has 4 rings (SSSR count). The highest BCUT2D eigenvalue weighted by molar-refractivity contribution is 6.31. The number of nitrogens with one attached hydrogen (secondary N) is 1. The summed E-state index contributed by atoms with van der Waals surface area (Å²) in [6.45, 7) is 6.45. The van der Waals surface area contributed by atoms with Gasteiger partial charge in [-0.3, -0.25) is 14.4 Å². The molecule has 7 nitrogen and oxygen atoms in total. The molecule has 2 aromatic rings. The molecule has 7 heteroatoms. The SMILES string of the molecule is CC(=O)c1c(O)c(C)c(O)c2c1OC1=CC(=O)/C(=C(/C)NCCc3ccccc3)C(=O)C12C. The summed E-state index contributed by atoms with van der Waals surface area (Å²) in [5.74, 6) is -2.35. The molecular formula is C26H25NO6. The van der Waals surface area contributed by atoms with Crippen molar-refractivity contribution in [3.63, 3.8) is 0 Å². The Morgan fingerprint density at radius 2 is 1.76 bits per heavy atom. The molecule has 0 fully saturated rings. The zero-order valence-corrected chi connectivity index (χ0v) is 18.9. The lowest BCUT2D eigenvalue weighted by Crippen LogP contribution is -2.41. The molecule has 1 unspecified atom stereocenters. The van der Waals surface area contributed by atoms with E-state index in [1.54, 1.807) is 13.8 Å². The van der Waals surface area contributed by atoms with Crippen molar-refractivity contribution in [3.05, 3.63) is 75.7 Å². The maximum absolute atomic E-state index is 13.7. The molecule has 1 aliphatic carbocycles. The van der Waals surface area contributed by atoms with Gasteiger partial charge in [0.1, 0.15) is 34.0 Å². The van der Waals surface area contributed by atoms with E-state index in [2.05, 4.69) is 5.32 Å². The summed E-state index contributed by atoms with van der Waals surface area (Å²) in [4.78, 5) is 38.8. The monoisotopic (exact) mass is 447 g/mol. The first-order chi connectivity index (χ1) is 15.6. The van der Waals surface area contributed by atoms with Crippen LogP contribution in [0.2, 0.25) is 0 Å². The quantitative estimate of drug-likeness (QED) is 0.366. The van der Waals surface area contributed by atoms with Gasteiger partial charge in [0.25, 0.3) is 0 Å². The average molecular weight is 447 g/mol. The predicted octanol–water partition coefficient (Wildman–Crippen LogP) is 3.40. The Labute approximate surface area is 191 Å². The number of aromatic hydroxyl groups is 2. The number of phenolic OH excluding ortho intramolecular Hbond substituents is 2. The number of Topliss-reactive ketones (excluding diaryl/α,β-unsaturated/α-hetero) is 2. The second-order valence-electron chi connectivity index (χ2n) is 8.55. The van der Waals surface area contributed by atoms with E-state index >= 15 is 0 Å². The summed E-state index contributed by atoms with van der Waals surface area (Å²) >= 11 is 0. The highest BCUT2D eigenvalue weighted by Gasteiger charge is 2.56. The third-order valence-corrected chi connectivity index (χ3v) is 6.41. The maximum Gasteiger partial charge on any atom is 0.194 e. The lowest BCUT2D eigenvalue weighted by Gasteiger charge is -2.29. The molecule has 3 N–H and O–H groups in total. The van der Waals surface area contributed by atoms with Gasteiger partial charge < -0.3 is 20.3 Å². The summed E-state index contributed by atoms with van der Waals surface area (Å²) < 4.78 is 5.77. The van der Waals surface area contributed by atoms with E-state index in [1.165, 1.54) is 19.9 Å². The number of carbonyl (C=O) groups is 3. The van der Waals surface area contributed by atoms with E-state index in [0.29, 0.717) is 18.7 Å². The van der Waals surface area contributed by atoms with E-state index in [0.717, 1.165) is 5.56 Å². The minimum atomic E-state index is -1.51. The van der Waals surface area contributed by atoms with E-state index < -0.39 is 28.5 Å². The Kier molecular flexibility index (Phi) is 5.36. The molecule has 0 saturated carbocycles. The molecule has 0 radical (unpaired) electrons. The average Bonchev–Trinajstić information content (AvgIpc) is 3.06. The largest absolute Gasteiger partial charge is 0.507 e. The van der Waals surface area contributed by atoms with E-state index in [1.807, 2.05) is 30.3 Å². The number of benzene rings is 2. The van der Waals surface area contributed by atoms with Crippen molar-refractivity contribution >= 4 is 17.3 Å². The van der Waals surface area contributed by atoms with Crippen LogP contribution in [-0.2, 0) is 21.4 Å². The first-order valence-corrected chi connectivity index (χ1v) is 10.7. The Morgan fingerprint density at radius 3 is 2.39 bits per heavy atom. The molecule has 0 spiro atoms. The van der Waals surface area contributed by atoms with Gasteiger partial charge in [0.2, 0.25) is 0 Å². The summed E-state index contributed by atoms with van der Waals surface area (Å²) in [6, 6.07) is 9.82. The number of phenols is 2. The molecule has 0 saturated heterocycles. The van der Waals surface area contributed by atoms with Crippen LogP contribution in [0.5, 0.6) is 17.2 Å². The summed E-state index contributed by atoms with van der Waals surface area (Å²) in [7, 11) is 0. The Hall–Kier alpha value is -3.87. The summed E-state index contributed by atoms with van der Waals surface area (Å²) in [5.41, 5.74) is 0.0362. The fourth-order valence-electron chi connectivity index (χ4n) is 4.49. The van der Waals surface area contributed by atoms with Gasteiger partial charge in [-0.2, -0.15) is 0 Å². The van der Waals surface area contributed by atoms with Crippen molar-refractivity contribution in [2.24, 2.45) is 0 Å². The van der Waals surface area contributed by atoms with Crippen LogP contribution in [0.3, 0.4) is 0 Å². The number of ether oxygens (including phenoxy) is 1. The van der Waals surface area contributed by atoms with Crippen molar-refractivity contribution in [1.29, 1.82) is 0 Å². The number of hydrogen-bond acceptors (Lipinski definition) is 7. The highest BCUT2D eigenvalue weighted by Crippen LogP contribution is 2.57. The number of ketones is 3. The lowest BCUT2D eigenvalue weighted by molar-refractivity contribution is -0.123. The lowest BCUT2D eigenvalue weighted by atomic mass is 9.70. The third kappa shape index (κ3) is 3.31. The van der Waals surface area contributed by atoms with Crippen LogP contribution in [-0.4, -0.2) is 34.1 Å². The third-order valence-electron chi connectivity index (χ3n) is 6.41. The van der Waals surface area contributed by atoms with Crippen LogP contribution in [0.15, 0.2) is 53.4 Å². The standard InChI is InChI=1S/C26H25NO6/c1-13-22(30)20(15(3)28)24-21(23(13)31)26(4)18(33-24)12-17(29)19(25(26)32)14(2)27-11-10-16-8-6-5-7-9-16/h5-9,12,27,30-31H,10-11H2,1-4H3/b19-14+. The minimum Gasteiger partial charge on any atom is -0.507 e. The van der Waals surface area contributed by atoms with Crippen molar-refractivity contribution in [2.45, 2.75) is 39.5 Å². The maximum atomic E-state index is 13.7. The Bertz CT molecular complexity index is 1270. The van der Waals surface area contributed by atoms with Crippen LogP contribution in [0, 0.1) is 6.92 Å². The van der Waals surface area contributed by atoms with Crippen LogP contribution in [0.4, 0.5) is 0 Å². The van der Waals surface area contributed by atoms with Crippen LogP contribution >= 0.6 is 0 Å². The van der Waals surface area contributed by atoms with E-state index in [-0.39, 0.29) is 39.5 Å². The molecule has 0 amide bonds. The number of rotatable bonds is 5. The van der Waals surface area contributed by atoms with E-state index in [9.17, 15) is 24.6 Å². The van der Waals surface area contributed by atoms with Gasteiger partial charge in [0.05, 0.1) is 11.1 Å². The Morgan fingerprint density at radius 1 is 1.09 bits per heavy atom. The van der Waals surface area contributed by atoms with Crippen molar-refractivity contribution in [3.8, 4) is 17.2 Å². The molecule has 170 valence electrons. The van der Waals surface area contributed by atoms with Crippen molar-refractivity contribution < 1.29 is 29.3 Å². The molecule has 1 atom stereocenters. The predicted molar refractivity (Wildman–Crippen MR) is 121 cm³/mol. The van der Waals surface area contributed by atoms with Crippen molar-refractivity contribution in [2.75, 3.05) is 6.54 Å². The molecule has 0 aromatic heterocycles. The molecule has 2 aromatic carbocycles.